The van der Waals surface area contributed by atoms with Crippen LogP contribution in [0.2, 0.25) is 0 Å². The molecule has 0 N–H and O–H groups in total. The summed E-state index contributed by atoms with van der Waals surface area (Å²) in [6.07, 6.45) is 1.26. The molecule has 21 heavy (non-hydrogen) atoms. The highest BCUT2D eigenvalue weighted by atomic mass is 31.2. The molecule has 6 heteroatoms. The molecule has 0 spiro atoms. The van der Waals surface area contributed by atoms with E-state index in [-0.39, 0.29) is 24.3 Å². The third-order valence-corrected chi connectivity index (χ3v) is 5.45. The van der Waals surface area contributed by atoms with Crippen LogP contribution in [0.4, 0.5) is 0 Å². The van der Waals surface area contributed by atoms with Crippen LogP contribution in [0, 0.1) is 6.57 Å². The van der Waals surface area contributed by atoms with Crippen molar-refractivity contribution in [2.24, 2.45) is 0 Å². The molecule has 122 valence electrons. The summed E-state index contributed by atoms with van der Waals surface area (Å²) >= 11 is 0. The Hall–Kier alpha value is -0.240. The Balaban J connectivity index is 2.78. The average molecular weight is 318 g/mol. The Morgan fingerprint density at radius 1 is 1.43 bits per heavy atom. The molecule has 0 bridgehead atoms. The van der Waals surface area contributed by atoms with Gasteiger partial charge in [-0.05, 0) is 40.5 Å². The predicted molar refractivity (Wildman–Crippen MR) is 86.0 cm³/mol. The second-order valence-corrected chi connectivity index (χ2v) is 7.06. The van der Waals surface area contributed by atoms with Crippen molar-refractivity contribution in [1.29, 1.82) is 0 Å². The molecule has 1 heterocycles. The highest BCUT2D eigenvalue weighted by Crippen LogP contribution is 2.48. The minimum Gasteiger partial charge on any atom is -0.375 e. The van der Waals surface area contributed by atoms with Crippen LogP contribution in [-0.2, 0) is 13.8 Å². The molecule has 5 nitrogen and oxygen atoms in total. The monoisotopic (exact) mass is 318 g/mol. The molecule has 1 saturated heterocycles. The molecule has 0 aliphatic carbocycles. The Kier molecular flexibility index (Phi) is 7.92. The fourth-order valence-corrected chi connectivity index (χ4v) is 4.14. The van der Waals surface area contributed by atoms with Crippen molar-refractivity contribution in [3.05, 3.63) is 11.4 Å². The molecule has 1 fully saturated rings. The highest BCUT2D eigenvalue weighted by Gasteiger charge is 2.35. The highest BCUT2D eigenvalue weighted by molar-refractivity contribution is 7.44. The van der Waals surface area contributed by atoms with E-state index in [2.05, 4.69) is 37.2 Å². The van der Waals surface area contributed by atoms with Gasteiger partial charge in [-0.2, -0.15) is 0 Å². The van der Waals surface area contributed by atoms with E-state index in [4.69, 9.17) is 21.7 Å². The zero-order valence-corrected chi connectivity index (χ0v) is 14.7. The molecule has 4 atom stereocenters. The van der Waals surface area contributed by atoms with Crippen molar-refractivity contribution >= 4 is 8.53 Å². The lowest BCUT2D eigenvalue weighted by Gasteiger charge is -2.37. The van der Waals surface area contributed by atoms with Crippen molar-refractivity contribution < 1.29 is 15.2 Å². The summed E-state index contributed by atoms with van der Waals surface area (Å²) in [5.41, 5.74) is 0. The summed E-state index contributed by atoms with van der Waals surface area (Å²) in [5.74, 6) is 0. The third-order valence-electron chi connectivity index (χ3n) is 3.29. The minimum absolute atomic E-state index is 0.0434. The lowest BCUT2D eigenvalue weighted by atomic mass is 10.1. The number of hydrogen-bond acceptors (Lipinski definition) is 4. The molecule has 1 rings (SSSR count). The van der Waals surface area contributed by atoms with E-state index < -0.39 is 15.1 Å². The summed E-state index contributed by atoms with van der Waals surface area (Å²) in [4.78, 5) is 3.34. The fourth-order valence-electron chi connectivity index (χ4n) is 2.39. The normalized spacial score (nSPS) is 28.1. The first-order valence-corrected chi connectivity index (χ1v) is 8.82. The molecule has 0 amide bonds. The van der Waals surface area contributed by atoms with E-state index in [1.165, 1.54) is 0 Å². The summed E-state index contributed by atoms with van der Waals surface area (Å²) in [6.45, 7) is 17.6. The second-order valence-electron chi connectivity index (χ2n) is 5.65. The van der Waals surface area contributed by atoms with Crippen LogP contribution in [0.15, 0.2) is 0 Å². The molecule has 0 aromatic carbocycles. The lowest BCUT2D eigenvalue weighted by Crippen LogP contribution is -2.35. The minimum atomic E-state index is -1.25. The van der Waals surface area contributed by atoms with Gasteiger partial charge in [-0.1, -0.05) is 6.92 Å². The van der Waals surface area contributed by atoms with Crippen molar-refractivity contribution in [2.75, 3.05) is 19.7 Å². The molecule has 0 aromatic heterocycles. The molecular weight excluding hydrogens is 287 g/mol. The number of hydrogen-bond donors (Lipinski definition) is 0. The van der Waals surface area contributed by atoms with Gasteiger partial charge < -0.3 is 18.6 Å². The maximum absolute atomic E-state index is 7.80. The SMILES string of the molecule is [3H][C@H]1C[C@@H](OP(OCC[N+]#[C-])N(C(C)C)C(C)C)[C@@H](CC)O1. The van der Waals surface area contributed by atoms with Crippen molar-refractivity contribution in [3.63, 3.8) is 0 Å². The maximum Gasteiger partial charge on any atom is 0.259 e. The van der Waals surface area contributed by atoms with Gasteiger partial charge in [0.25, 0.3) is 8.53 Å². The molecule has 1 aliphatic rings. The first-order chi connectivity index (χ1) is 10.4. The maximum atomic E-state index is 7.80. The second kappa shape index (κ2) is 9.71. The van der Waals surface area contributed by atoms with Gasteiger partial charge in [0.1, 0.15) is 6.61 Å². The van der Waals surface area contributed by atoms with Gasteiger partial charge in [0.15, 0.2) is 0 Å². The molecule has 1 aliphatic heterocycles. The fraction of sp³-hybridized carbons (Fsp3) is 0.933. The Morgan fingerprint density at radius 2 is 2.10 bits per heavy atom. The van der Waals surface area contributed by atoms with Gasteiger partial charge in [0.05, 0.1) is 13.6 Å². The summed E-state index contributed by atoms with van der Waals surface area (Å²) in [6, 6.07) is 0.571. The van der Waals surface area contributed by atoms with Crippen molar-refractivity contribution in [3.8, 4) is 0 Å². The predicted octanol–water partition coefficient (Wildman–Crippen LogP) is 3.85. The zero-order chi connectivity index (χ0) is 16.7. The molecule has 1 unspecified atom stereocenters. The van der Waals surface area contributed by atoms with Crippen LogP contribution in [0.1, 0.15) is 48.8 Å². The Morgan fingerprint density at radius 3 is 2.62 bits per heavy atom. The van der Waals surface area contributed by atoms with Crippen LogP contribution in [-0.4, -0.2) is 48.7 Å². The molecule has 0 radical (unpaired) electrons. The average Bonchev–Trinajstić information content (AvgIpc) is 2.78. The van der Waals surface area contributed by atoms with Gasteiger partial charge in [-0.25, -0.2) is 11.2 Å². The van der Waals surface area contributed by atoms with Gasteiger partial charge in [0.2, 0.25) is 6.54 Å². The van der Waals surface area contributed by atoms with Crippen LogP contribution in [0.5, 0.6) is 0 Å². The first kappa shape index (κ1) is 17.1. The lowest BCUT2D eigenvalue weighted by molar-refractivity contribution is 0.0410. The summed E-state index contributed by atoms with van der Waals surface area (Å²) in [5, 5.41) is 0. The van der Waals surface area contributed by atoms with E-state index in [9.17, 15) is 0 Å². The topological polar surface area (TPSA) is 35.3 Å². The van der Waals surface area contributed by atoms with Gasteiger partial charge in [0, 0.05) is 18.7 Å². The van der Waals surface area contributed by atoms with E-state index in [1.807, 2.05) is 6.92 Å². The number of rotatable bonds is 9. The third kappa shape index (κ3) is 5.81. The van der Waals surface area contributed by atoms with Crippen LogP contribution in [0.25, 0.3) is 4.85 Å². The van der Waals surface area contributed by atoms with Gasteiger partial charge in [-0.3, -0.25) is 0 Å². The number of ether oxygens (including phenoxy) is 1. The smallest absolute Gasteiger partial charge is 0.259 e. The zero-order valence-electron chi connectivity index (χ0n) is 14.8. The summed E-state index contributed by atoms with van der Waals surface area (Å²) < 4.78 is 27.7. The van der Waals surface area contributed by atoms with Gasteiger partial charge >= 0.3 is 0 Å². The van der Waals surface area contributed by atoms with Crippen molar-refractivity contribution in [1.82, 2.24) is 4.67 Å². The van der Waals surface area contributed by atoms with Gasteiger partial charge in [-0.15, -0.1) is 0 Å². The van der Waals surface area contributed by atoms with Crippen LogP contribution >= 0.6 is 8.53 Å². The quantitative estimate of drug-likeness (QED) is 0.367. The molecule has 0 saturated carbocycles. The van der Waals surface area contributed by atoms with E-state index >= 15 is 0 Å². The standard InChI is InChI=1S/C15H29N2O3P/c1-7-14-15(8-10-18-14)20-21(19-11-9-16-6)17(12(2)3)13(4)5/h12-15H,7-11H2,1-5H3/t14-,15-,21?/m1/s1/i10T/t10-,14+,15+,21?/m0. The van der Waals surface area contributed by atoms with E-state index in [0.717, 1.165) is 6.42 Å². The van der Waals surface area contributed by atoms with E-state index in [0.29, 0.717) is 19.6 Å². The number of nitrogens with zero attached hydrogens (tertiary/aromatic N) is 2. The van der Waals surface area contributed by atoms with Crippen molar-refractivity contribution in [2.45, 2.75) is 71.8 Å². The largest absolute Gasteiger partial charge is 0.375 e. The first-order valence-electron chi connectivity index (χ1n) is 8.27. The van der Waals surface area contributed by atoms with E-state index in [1.54, 1.807) is 0 Å². The van der Waals surface area contributed by atoms with Crippen LogP contribution in [0.3, 0.4) is 0 Å². The Labute approximate surface area is 132 Å². The Bertz CT molecular complexity index is 357. The van der Waals surface area contributed by atoms with Crippen LogP contribution < -0.4 is 0 Å². The summed E-state index contributed by atoms with van der Waals surface area (Å²) in [7, 11) is -1.25. The molecular formula is C15H29N2O3P. The molecule has 0 aromatic rings.